The first-order valence-electron chi connectivity index (χ1n) is 7.41. The van der Waals surface area contributed by atoms with Crippen LogP contribution in [-0.4, -0.2) is 78.2 Å². The summed E-state index contributed by atoms with van der Waals surface area (Å²) in [7, 11) is 0. The summed E-state index contributed by atoms with van der Waals surface area (Å²) in [6, 6.07) is 0. The van der Waals surface area contributed by atoms with E-state index in [9.17, 15) is 69.5 Å². The molecule has 0 radical (unpaired) electrons. The summed E-state index contributed by atoms with van der Waals surface area (Å²) >= 11 is 0. The summed E-state index contributed by atoms with van der Waals surface area (Å²) in [5, 5.41) is 60.4. The van der Waals surface area contributed by atoms with Gasteiger partial charge >= 0.3 is 11.8 Å². The summed E-state index contributed by atoms with van der Waals surface area (Å²) in [5.41, 5.74) is 0. The molecule has 0 aliphatic carbocycles. The molecule has 0 aromatic carbocycles. The van der Waals surface area contributed by atoms with Crippen molar-refractivity contribution in [2.24, 2.45) is 0 Å². The number of halogens is 2. The lowest BCUT2D eigenvalue weighted by Gasteiger charge is -2.18. The van der Waals surface area contributed by atoms with Gasteiger partial charge in [0.25, 0.3) is 0 Å². The van der Waals surface area contributed by atoms with Gasteiger partial charge in [-0.25, -0.2) is 20.2 Å². The van der Waals surface area contributed by atoms with Crippen LogP contribution in [0.15, 0.2) is 0 Å². The molecule has 0 fully saturated rings. The van der Waals surface area contributed by atoms with E-state index in [2.05, 4.69) is 4.74 Å². The molecule has 0 spiro atoms. The number of hydrazine groups is 2. The predicted molar refractivity (Wildman–Crippen MR) is 83.1 cm³/mol. The van der Waals surface area contributed by atoms with Crippen LogP contribution in [0.2, 0.25) is 0 Å². The van der Waals surface area contributed by atoms with Gasteiger partial charge in [-0.15, -0.1) is 10.0 Å². The first-order valence-corrected chi connectivity index (χ1v) is 7.41. The molecule has 0 heterocycles. The van der Waals surface area contributed by atoms with Crippen LogP contribution in [-0.2, 0) is 4.74 Å². The topological polar surface area (TPSA) is 275 Å². The van der Waals surface area contributed by atoms with Crippen molar-refractivity contribution in [2.75, 3.05) is 26.6 Å². The van der Waals surface area contributed by atoms with Crippen LogP contribution in [0.1, 0.15) is 12.8 Å². The number of alkyl halides is 2. The molecule has 0 aromatic rings. The van der Waals surface area contributed by atoms with Gasteiger partial charge in [0.05, 0.1) is 13.1 Å². The van der Waals surface area contributed by atoms with Gasteiger partial charge in [-0.05, 0) is 0 Å². The number of ether oxygens (including phenoxy) is 1. The molecule has 0 aromatic heterocycles. The van der Waals surface area contributed by atoms with E-state index in [-0.39, 0.29) is 10.0 Å². The average Bonchev–Trinajstić information content (AvgIpc) is 2.64. The van der Waals surface area contributed by atoms with Crippen molar-refractivity contribution in [3.8, 4) is 0 Å². The highest BCUT2D eigenvalue weighted by Gasteiger charge is 2.59. The largest absolute Gasteiger partial charge is 0.615 e. The quantitative estimate of drug-likeness (QED) is 0.114. The fourth-order valence-corrected chi connectivity index (χ4v) is 1.68. The zero-order chi connectivity index (χ0) is 24.6. The predicted octanol–water partition coefficient (Wildman–Crippen LogP) is -0.961. The van der Waals surface area contributed by atoms with Crippen molar-refractivity contribution in [2.45, 2.75) is 24.7 Å². The molecule has 176 valence electrons. The standard InChI is InChI=1S/C8H12F2N8O13/c9-7(13(19)20,14(21)22)1-3-11(17(27)28)5-31-6-12(18(29)30)4-2-8(10,15(23)24)16(25)26/h1-6H2. The molecular weight excluding hydrogens is 454 g/mol. The number of hydrogen-bond donors (Lipinski definition) is 0. The molecule has 0 saturated carbocycles. The zero-order valence-electron chi connectivity index (χ0n) is 14.9. The van der Waals surface area contributed by atoms with Crippen LogP contribution < -0.4 is 0 Å². The average molecular weight is 466 g/mol. The Hall–Kier alpha value is -4.18. The van der Waals surface area contributed by atoms with E-state index in [4.69, 9.17) is 0 Å². The fraction of sp³-hybridized carbons (Fsp3) is 1.00. The van der Waals surface area contributed by atoms with E-state index >= 15 is 0 Å². The van der Waals surface area contributed by atoms with Crippen LogP contribution >= 0.6 is 0 Å². The number of nitrogens with zero attached hydrogens (tertiary/aromatic N) is 8. The summed E-state index contributed by atoms with van der Waals surface area (Å²) < 4.78 is 31.8. The van der Waals surface area contributed by atoms with Crippen LogP contribution in [0.25, 0.3) is 0 Å². The van der Waals surface area contributed by atoms with Crippen LogP contribution in [0, 0.1) is 60.7 Å². The van der Waals surface area contributed by atoms with Crippen molar-refractivity contribution in [3.05, 3.63) is 60.7 Å². The summed E-state index contributed by atoms with van der Waals surface area (Å²) in [5.74, 6) is -8.53. The van der Waals surface area contributed by atoms with E-state index in [1.165, 1.54) is 0 Å². The van der Waals surface area contributed by atoms with Crippen LogP contribution in [0.5, 0.6) is 0 Å². The van der Waals surface area contributed by atoms with Crippen molar-refractivity contribution in [1.82, 2.24) is 10.0 Å². The van der Waals surface area contributed by atoms with Gasteiger partial charge < -0.3 is 4.74 Å². The second-order valence-corrected chi connectivity index (χ2v) is 5.36. The molecule has 31 heavy (non-hydrogen) atoms. The van der Waals surface area contributed by atoms with E-state index < -0.39 is 81.0 Å². The Balaban J connectivity index is 5.01. The molecular formula is C8H12F2N8O13. The Bertz CT molecular complexity index is 663. The Kier molecular flexibility index (Phi) is 9.13. The Labute approximate surface area is 166 Å². The molecule has 21 nitrogen and oxygen atoms in total. The maximum absolute atomic E-state index is 13.6. The maximum atomic E-state index is 13.6. The van der Waals surface area contributed by atoms with Gasteiger partial charge in [0, 0.05) is 0 Å². The first kappa shape index (κ1) is 26.8. The zero-order valence-corrected chi connectivity index (χ0v) is 14.9. The van der Waals surface area contributed by atoms with Gasteiger partial charge in [-0.2, -0.15) is 0 Å². The van der Waals surface area contributed by atoms with E-state index in [0.717, 1.165) is 0 Å². The van der Waals surface area contributed by atoms with Crippen LogP contribution in [0.4, 0.5) is 8.78 Å². The minimum atomic E-state index is -4.27. The fourth-order valence-electron chi connectivity index (χ4n) is 1.68. The molecule has 0 amide bonds. The highest BCUT2D eigenvalue weighted by atomic mass is 19.2. The lowest BCUT2D eigenvalue weighted by molar-refractivity contribution is -0.833. The molecule has 0 N–H and O–H groups in total. The smallest absolute Gasteiger partial charge is 0.329 e. The third-order valence-corrected chi connectivity index (χ3v) is 3.44. The number of hydrogen-bond acceptors (Lipinski definition) is 13. The summed E-state index contributed by atoms with van der Waals surface area (Å²) in [6.07, 6.45) is -3.24. The van der Waals surface area contributed by atoms with Gasteiger partial charge in [0.2, 0.25) is 0 Å². The summed E-state index contributed by atoms with van der Waals surface area (Å²) in [6.45, 7) is -5.04. The van der Waals surface area contributed by atoms with Crippen molar-refractivity contribution in [3.63, 3.8) is 0 Å². The highest BCUT2D eigenvalue weighted by molar-refractivity contribution is 4.56. The highest BCUT2D eigenvalue weighted by Crippen LogP contribution is 2.20. The molecule has 0 aliphatic rings. The third-order valence-electron chi connectivity index (χ3n) is 3.44. The third kappa shape index (κ3) is 6.98. The number of nitro groups is 6. The lowest BCUT2D eigenvalue weighted by Crippen LogP contribution is -2.47. The Morgan fingerprint density at radius 3 is 1.06 bits per heavy atom. The summed E-state index contributed by atoms with van der Waals surface area (Å²) in [4.78, 5) is 55.6. The van der Waals surface area contributed by atoms with Gasteiger partial charge in [0.15, 0.2) is 36.4 Å². The molecule has 0 saturated heterocycles. The lowest BCUT2D eigenvalue weighted by atomic mass is 10.3. The monoisotopic (exact) mass is 466 g/mol. The SMILES string of the molecule is O=[N+]([O-])N(CCC(F)([N+](=O)[O-])[N+](=O)[O-])COCN(CCC(F)([N+](=O)[O-])[N+](=O)[O-])[N+](=O)[O-]. The molecule has 0 bridgehead atoms. The number of rotatable bonds is 16. The normalized spacial score (nSPS) is 11.4. The molecule has 0 unspecified atom stereocenters. The molecule has 0 atom stereocenters. The van der Waals surface area contributed by atoms with Gasteiger partial charge in [-0.3, -0.25) is 40.5 Å². The van der Waals surface area contributed by atoms with Crippen molar-refractivity contribution < 1.29 is 43.3 Å². The Morgan fingerprint density at radius 1 is 0.613 bits per heavy atom. The minimum absolute atomic E-state index is 0.132. The van der Waals surface area contributed by atoms with Crippen molar-refractivity contribution in [1.29, 1.82) is 0 Å². The van der Waals surface area contributed by atoms with Gasteiger partial charge in [0.1, 0.15) is 19.7 Å². The van der Waals surface area contributed by atoms with Gasteiger partial charge in [-0.1, -0.05) is 8.78 Å². The second kappa shape index (κ2) is 10.6. The van der Waals surface area contributed by atoms with E-state index in [0.29, 0.717) is 0 Å². The van der Waals surface area contributed by atoms with E-state index in [1.807, 2.05) is 0 Å². The molecule has 0 aliphatic heterocycles. The van der Waals surface area contributed by atoms with Crippen molar-refractivity contribution >= 4 is 0 Å². The van der Waals surface area contributed by atoms with E-state index in [1.54, 1.807) is 0 Å². The first-order chi connectivity index (χ1) is 14.1. The van der Waals surface area contributed by atoms with Crippen LogP contribution in [0.3, 0.4) is 0 Å². The second-order valence-electron chi connectivity index (χ2n) is 5.36. The Morgan fingerprint density at radius 2 is 0.871 bits per heavy atom. The molecule has 23 heteroatoms. The molecule has 0 rings (SSSR count). The minimum Gasteiger partial charge on any atom is -0.329 e. The maximum Gasteiger partial charge on any atom is 0.615 e.